The van der Waals surface area contributed by atoms with Gasteiger partial charge in [0, 0.05) is 12.3 Å². The summed E-state index contributed by atoms with van der Waals surface area (Å²) in [6.45, 7) is 5.61. The van der Waals surface area contributed by atoms with Gasteiger partial charge in [-0.3, -0.25) is 14.4 Å². The largest absolute Gasteiger partial charge is 0.479 e. The van der Waals surface area contributed by atoms with Crippen LogP contribution in [0.4, 0.5) is 0 Å². The molecule has 6 aliphatic rings. The standard InChI is InChI=1S/C23H22O6/c1-12(11-24)8-9-21-17(25)14-10-16(20(2,3)29-21)23(21)22(19(14)28-22)18(26)13-6-4-5-7-15(13)27-23/h4-8,11,14,16,19H,9-10H2,1-3H3/b12-8+/t14-,16+,19+,21+,22+,23-/m1/s1. The van der Waals surface area contributed by atoms with Crippen molar-refractivity contribution >= 4 is 17.9 Å². The van der Waals surface area contributed by atoms with Crippen LogP contribution in [0.2, 0.25) is 0 Å². The summed E-state index contributed by atoms with van der Waals surface area (Å²) < 4.78 is 19.4. The lowest BCUT2D eigenvalue weighted by molar-refractivity contribution is -0.191. The molecule has 150 valence electrons. The van der Waals surface area contributed by atoms with Gasteiger partial charge in [0.15, 0.2) is 17.0 Å². The molecular weight excluding hydrogens is 372 g/mol. The quantitative estimate of drug-likeness (QED) is 0.445. The topological polar surface area (TPSA) is 82.2 Å². The van der Waals surface area contributed by atoms with E-state index < -0.39 is 34.4 Å². The van der Waals surface area contributed by atoms with Gasteiger partial charge >= 0.3 is 0 Å². The van der Waals surface area contributed by atoms with E-state index in [0.29, 0.717) is 23.3 Å². The third-order valence-electron chi connectivity index (χ3n) is 7.80. The van der Waals surface area contributed by atoms with Crippen LogP contribution in [0.1, 0.15) is 44.0 Å². The van der Waals surface area contributed by atoms with Crippen molar-refractivity contribution in [2.75, 3.05) is 0 Å². The minimum Gasteiger partial charge on any atom is -0.479 e. The van der Waals surface area contributed by atoms with Gasteiger partial charge in [0.1, 0.15) is 18.1 Å². The Bertz CT molecular complexity index is 1040. The number of aldehydes is 1. The highest BCUT2D eigenvalue weighted by molar-refractivity contribution is 6.13. The Morgan fingerprint density at radius 3 is 2.76 bits per heavy atom. The average molecular weight is 394 g/mol. The monoisotopic (exact) mass is 394 g/mol. The van der Waals surface area contributed by atoms with E-state index in [-0.39, 0.29) is 23.9 Å². The number of ketones is 2. The molecule has 2 spiro atoms. The molecule has 7 rings (SSSR count). The molecule has 3 heterocycles. The molecule has 3 saturated carbocycles. The maximum Gasteiger partial charge on any atom is 0.205 e. The van der Waals surface area contributed by atoms with Gasteiger partial charge in [0.05, 0.1) is 17.1 Å². The number of allylic oxidation sites excluding steroid dienone is 1. The highest BCUT2D eigenvalue weighted by Gasteiger charge is 2.97. The van der Waals surface area contributed by atoms with E-state index in [2.05, 4.69) is 0 Å². The van der Waals surface area contributed by atoms with Crippen LogP contribution in [0.25, 0.3) is 0 Å². The first-order valence-corrected chi connectivity index (χ1v) is 10.1. The fourth-order valence-corrected chi connectivity index (χ4v) is 6.71. The van der Waals surface area contributed by atoms with Gasteiger partial charge in [0.2, 0.25) is 11.4 Å². The van der Waals surface area contributed by atoms with Crippen LogP contribution in [0.5, 0.6) is 5.75 Å². The van der Waals surface area contributed by atoms with Crippen molar-refractivity contribution in [3.05, 3.63) is 41.5 Å². The first-order valence-electron chi connectivity index (χ1n) is 10.1. The molecule has 6 nitrogen and oxygen atoms in total. The summed E-state index contributed by atoms with van der Waals surface area (Å²) in [4.78, 5) is 38.7. The van der Waals surface area contributed by atoms with Crippen molar-refractivity contribution in [2.45, 2.75) is 62.1 Å². The highest BCUT2D eigenvalue weighted by atomic mass is 16.7. The molecular formula is C23H22O6. The first-order chi connectivity index (χ1) is 13.7. The number of ether oxygens (including phenoxy) is 3. The molecule has 5 fully saturated rings. The Morgan fingerprint density at radius 2 is 2.00 bits per heavy atom. The number of carbonyl (C=O) groups is 3. The predicted octanol–water partition coefficient (Wildman–Crippen LogP) is 2.44. The van der Waals surface area contributed by atoms with Gasteiger partial charge in [-0.2, -0.15) is 0 Å². The van der Waals surface area contributed by atoms with Crippen LogP contribution < -0.4 is 4.74 Å². The second kappa shape index (κ2) is 4.87. The van der Waals surface area contributed by atoms with E-state index in [1.807, 2.05) is 19.9 Å². The smallest absolute Gasteiger partial charge is 0.205 e. The van der Waals surface area contributed by atoms with E-state index in [9.17, 15) is 14.4 Å². The lowest BCUT2D eigenvalue weighted by atomic mass is 9.46. The van der Waals surface area contributed by atoms with Gasteiger partial charge in [-0.25, -0.2) is 0 Å². The van der Waals surface area contributed by atoms with E-state index in [0.717, 1.165) is 6.29 Å². The fourth-order valence-electron chi connectivity index (χ4n) is 6.71. The number of epoxide rings is 1. The average Bonchev–Trinajstić information content (AvgIpc) is 3.43. The predicted molar refractivity (Wildman–Crippen MR) is 101 cm³/mol. The van der Waals surface area contributed by atoms with Crippen molar-refractivity contribution in [2.24, 2.45) is 11.8 Å². The molecule has 3 aliphatic heterocycles. The lowest BCUT2D eigenvalue weighted by Gasteiger charge is -2.57. The zero-order valence-electron chi connectivity index (χ0n) is 16.6. The Hall–Kier alpha value is -2.31. The normalized spacial score (nSPS) is 45.2. The molecule has 6 heteroatoms. The molecule has 0 N–H and O–H groups in total. The number of para-hydroxylation sites is 1. The number of carbonyl (C=O) groups excluding carboxylic acids is 3. The first kappa shape index (κ1) is 17.5. The number of hydrogen-bond donors (Lipinski definition) is 0. The molecule has 3 aliphatic carbocycles. The van der Waals surface area contributed by atoms with Crippen molar-refractivity contribution < 1.29 is 28.6 Å². The number of Topliss-reactive ketones (excluding diaryl/α,β-unsaturated/α-hetero) is 2. The maximum absolute atomic E-state index is 13.7. The Morgan fingerprint density at radius 1 is 1.24 bits per heavy atom. The van der Waals surface area contributed by atoms with Crippen molar-refractivity contribution in [1.82, 2.24) is 0 Å². The minimum atomic E-state index is -1.36. The summed E-state index contributed by atoms with van der Waals surface area (Å²) in [5.74, 6) is -0.296. The minimum absolute atomic E-state index is 0.0698. The van der Waals surface area contributed by atoms with Gasteiger partial charge in [-0.1, -0.05) is 18.2 Å². The SMILES string of the molecule is C/C(C=O)=C\C[C@]12OC(C)(C)[C@@H]3C[C@H](C1=O)[C@@H]1O[C@@]14C(=O)c1ccccc1O[C@]324. The summed E-state index contributed by atoms with van der Waals surface area (Å²) in [5.41, 5.74) is -3.45. The number of rotatable bonds is 3. The van der Waals surface area contributed by atoms with Crippen LogP contribution in [0.15, 0.2) is 35.9 Å². The number of fused-ring (bicyclic) bond motifs is 1. The maximum atomic E-state index is 13.7. The van der Waals surface area contributed by atoms with Crippen LogP contribution in [0, 0.1) is 11.8 Å². The Labute approximate surface area is 168 Å². The van der Waals surface area contributed by atoms with E-state index in [1.165, 1.54) is 0 Å². The molecule has 1 aromatic carbocycles. The third kappa shape index (κ3) is 1.61. The summed E-state index contributed by atoms with van der Waals surface area (Å²) in [6.07, 6.45) is 2.77. The molecule has 4 bridgehead atoms. The van der Waals surface area contributed by atoms with Gasteiger partial charge < -0.3 is 14.2 Å². The van der Waals surface area contributed by atoms with Crippen molar-refractivity contribution in [3.63, 3.8) is 0 Å². The van der Waals surface area contributed by atoms with Crippen LogP contribution in [0.3, 0.4) is 0 Å². The molecule has 1 aromatic rings. The molecule has 6 atom stereocenters. The van der Waals surface area contributed by atoms with Gasteiger partial charge in [0.25, 0.3) is 0 Å². The van der Waals surface area contributed by atoms with Gasteiger partial charge in [-0.05, 0) is 44.9 Å². The molecule has 0 unspecified atom stereocenters. The van der Waals surface area contributed by atoms with Gasteiger partial charge in [-0.15, -0.1) is 0 Å². The lowest BCUT2D eigenvalue weighted by Crippen LogP contribution is -2.80. The molecule has 0 amide bonds. The highest BCUT2D eigenvalue weighted by Crippen LogP contribution is 2.76. The van der Waals surface area contributed by atoms with Crippen LogP contribution in [-0.4, -0.2) is 46.4 Å². The van der Waals surface area contributed by atoms with Crippen LogP contribution in [-0.2, 0) is 19.1 Å². The summed E-state index contributed by atoms with van der Waals surface area (Å²) >= 11 is 0. The van der Waals surface area contributed by atoms with E-state index >= 15 is 0 Å². The zero-order valence-corrected chi connectivity index (χ0v) is 16.6. The van der Waals surface area contributed by atoms with Crippen molar-refractivity contribution in [1.29, 1.82) is 0 Å². The number of hydrogen-bond acceptors (Lipinski definition) is 6. The third-order valence-corrected chi connectivity index (χ3v) is 7.80. The second-order valence-electron chi connectivity index (χ2n) is 9.50. The van der Waals surface area contributed by atoms with Crippen LogP contribution >= 0.6 is 0 Å². The molecule has 2 saturated heterocycles. The second-order valence-corrected chi connectivity index (χ2v) is 9.50. The summed E-state index contributed by atoms with van der Waals surface area (Å²) in [7, 11) is 0. The van der Waals surface area contributed by atoms with Crippen molar-refractivity contribution in [3.8, 4) is 5.75 Å². The fraction of sp³-hybridized carbons (Fsp3) is 0.522. The molecule has 0 aromatic heterocycles. The van der Waals surface area contributed by atoms with E-state index in [1.54, 1.807) is 31.2 Å². The summed E-state index contributed by atoms with van der Waals surface area (Å²) in [5, 5.41) is 0. The molecule has 29 heavy (non-hydrogen) atoms. The Kier molecular flexibility index (Phi) is 2.95. The zero-order chi connectivity index (χ0) is 20.4. The summed E-state index contributed by atoms with van der Waals surface area (Å²) in [6, 6.07) is 7.14. The number of benzene rings is 1. The molecule has 0 radical (unpaired) electrons. The Balaban J connectivity index is 1.65. The van der Waals surface area contributed by atoms with E-state index in [4.69, 9.17) is 14.2 Å².